The molecule has 2 rings (SSSR count). The fourth-order valence-corrected chi connectivity index (χ4v) is 2.52. The van der Waals surface area contributed by atoms with E-state index in [1.165, 1.54) is 37.0 Å². The minimum Gasteiger partial charge on any atom is -0.313 e. The van der Waals surface area contributed by atoms with Crippen molar-refractivity contribution < 1.29 is 4.39 Å². The minimum atomic E-state index is -0.154. The summed E-state index contributed by atoms with van der Waals surface area (Å²) in [7, 11) is 2.17. The van der Waals surface area contributed by atoms with E-state index in [1.807, 2.05) is 12.1 Å². The first kappa shape index (κ1) is 13.5. The summed E-state index contributed by atoms with van der Waals surface area (Å²) in [6, 6.07) is 7.48. The molecule has 0 aliphatic carbocycles. The van der Waals surface area contributed by atoms with E-state index in [0.29, 0.717) is 6.04 Å². The fraction of sp³-hybridized carbons (Fsp3) is 0.600. The SMILES string of the molecule is CN(CCc1ccc(F)cc1)CC1CCCCN1. The van der Waals surface area contributed by atoms with Crippen LogP contribution in [0, 0.1) is 5.82 Å². The van der Waals surface area contributed by atoms with Crippen LogP contribution in [0.15, 0.2) is 24.3 Å². The summed E-state index contributed by atoms with van der Waals surface area (Å²) in [5.74, 6) is -0.154. The van der Waals surface area contributed by atoms with Gasteiger partial charge < -0.3 is 10.2 Å². The molecule has 1 aromatic carbocycles. The maximum atomic E-state index is 12.8. The highest BCUT2D eigenvalue weighted by Crippen LogP contribution is 2.09. The molecule has 0 saturated carbocycles. The van der Waals surface area contributed by atoms with Gasteiger partial charge in [-0.15, -0.1) is 0 Å². The first-order valence-corrected chi connectivity index (χ1v) is 6.90. The van der Waals surface area contributed by atoms with E-state index in [4.69, 9.17) is 0 Å². The monoisotopic (exact) mass is 250 g/mol. The van der Waals surface area contributed by atoms with Crippen molar-refractivity contribution in [3.8, 4) is 0 Å². The maximum absolute atomic E-state index is 12.8. The number of nitrogens with one attached hydrogen (secondary N) is 1. The lowest BCUT2D eigenvalue weighted by atomic mass is 10.0. The van der Waals surface area contributed by atoms with Crippen LogP contribution in [0.25, 0.3) is 0 Å². The van der Waals surface area contributed by atoms with Crippen molar-refractivity contribution in [2.45, 2.75) is 31.7 Å². The molecule has 0 spiro atoms. The lowest BCUT2D eigenvalue weighted by molar-refractivity contribution is 0.264. The highest BCUT2D eigenvalue weighted by Gasteiger charge is 2.14. The van der Waals surface area contributed by atoms with Crippen LogP contribution in [-0.4, -0.2) is 37.6 Å². The Bertz CT molecular complexity index is 344. The van der Waals surface area contributed by atoms with Crippen molar-refractivity contribution in [3.63, 3.8) is 0 Å². The van der Waals surface area contributed by atoms with Gasteiger partial charge in [-0.2, -0.15) is 0 Å². The molecule has 18 heavy (non-hydrogen) atoms. The van der Waals surface area contributed by atoms with Gasteiger partial charge in [0.2, 0.25) is 0 Å². The zero-order valence-corrected chi connectivity index (χ0v) is 11.2. The van der Waals surface area contributed by atoms with Crippen LogP contribution in [0.4, 0.5) is 4.39 Å². The molecule has 1 atom stereocenters. The molecule has 2 nitrogen and oxygen atoms in total. The van der Waals surface area contributed by atoms with E-state index >= 15 is 0 Å². The third-order valence-corrected chi connectivity index (χ3v) is 3.64. The Hall–Kier alpha value is -0.930. The van der Waals surface area contributed by atoms with Crippen molar-refractivity contribution in [1.82, 2.24) is 10.2 Å². The smallest absolute Gasteiger partial charge is 0.123 e. The van der Waals surface area contributed by atoms with Gasteiger partial charge in [0.25, 0.3) is 0 Å². The molecule has 0 amide bonds. The van der Waals surface area contributed by atoms with Gasteiger partial charge in [0.05, 0.1) is 0 Å². The van der Waals surface area contributed by atoms with Crippen LogP contribution < -0.4 is 5.32 Å². The Labute approximate surface area is 109 Å². The van der Waals surface area contributed by atoms with E-state index < -0.39 is 0 Å². The average molecular weight is 250 g/mol. The molecule has 3 heteroatoms. The Morgan fingerprint density at radius 1 is 1.28 bits per heavy atom. The standard InChI is InChI=1S/C15H23FN2/c1-18(12-15-4-2-3-10-17-15)11-9-13-5-7-14(16)8-6-13/h5-8,15,17H,2-4,9-12H2,1H3. The molecular formula is C15H23FN2. The number of likely N-dealkylation sites (N-methyl/N-ethyl adjacent to an activating group) is 1. The van der Waals surface area contributed by atoms with Crippen LogP contribution in [-0.2, 0) is 6.42 Å². The summed E-state index contributed by atoms with van der Waals surface area (Å²) < 4.78 is 12.8. The largest absolute Gasteiger partial charge is 0.313 e. The van der Waals surface area contributed by atoms with Crippen molar-refractivity contribution in [1.29, 1.82) is 0 Å². The molecule has 1 fully saturated rings. The molecular weight excluding hydrogens is 227 g/mol. The van der Waals surface area contributed by atoms with E-state index in [-0.39, 0.29) is 5.82 Å². The number of hydrogen-bond acceptors (Lipinski definition) is 2. The fourth-order valence-electron chi connectivity index (χ4n) is 2.52. The van der Waals surface area contributed by atoms with E-state index in [0.717, 1.165) is 26.1 Å². The van der Waals surface area contributed by atoms with Crippen molar-refractivity contribution in [2.75, 3.05) is 26.7 Å². The maximum Gasteiger partial charge on any atom is 0.123 e. The van der Waals surface area contributed by atoms with Crippen LogP contribution in [0.3, 0.4) is 0 Å². The molecule has 100 valence electrons. The number of hydrogen-bond donors (Lipinski definition) is 1. The first-order chi connectivity index (χ1) is 8.74. The quantitative estimate of drug-likeness (QED) is 0.863. The molecule has 1 unspecified atom stereocenters. The van der Waals surface area contributed by atoms with Crippen LogP contribution >= 0.6 is 0 Å². The number of halogens is 1. The van der Waals surface area contributed by atoms with Gasteiger partial charge in [-0.05, 0) is 50.6 Å². The second kappa shape index (κ2) is 6.86. The van der Waals surface area contributed by atoms with E-state index in [1.54, 1.807) is 0 Å². The van der Waals surface area contributed by atoms with E-state index in [9.17, 15) is 4.39 Å². The summed E-state index contributed by atoms with van der Waals surface area (Å²) in [6.45, 7) is 3.31. The Balaban J connectivity index is 1.70. The molecule has 1 saturated heterocycles. The second-order valence-corrected chi connectivity index (χ2v) is 5.29. The molecule has 0 bridgehead atoms. The topological polar surface area (TPSA) is 15.3 Å². The normalized spacial score (nSPS) is 20.3. The third-order valence-electron chi connectivity index (χ3n) is 3.64. The molecule has 1 aromatic rings. The van der Waals surface area contributed by atoms with Crippen LogP contribution in [0.2, 0.25) is 0 Å². The number of benzene rings is 1. The van der Waals surface area contributed by atoms with Crippen LogP contribution in [0.5, 0.6) is 0 Å². The predicted molar refractivity (Wildman–Crippen MR) is 73.2 cm³/mol. The van der Waals surface area contributed by atoms with Crippen molar-refractivity contribution in [3.05, 3.63) is 35.6 Å². The molecule has 0 aromatic heterocycles. The Morgan fingerprint density at radius 2 is 2.06 bits per heavy atom. The van der Waals surface area contributed by atoms with Gasteiger partial charge in [0.1, 0.15) is 5.82 Å². The third kappa shape index (κ3) is 4.39. The second-order valence-electron chi connectivity index (χ2n) is 5.29. The summed E-state index contributed by atoms with van der Waals surface area (Å²) in [5, 5.41) is 3.56. The highest BCUT2D eigenvalue weighted by atomic mass is 19.1. The van der Waals surface area contributed by atoms with Crippen molar-refractivity contribution >= 4 is 0 Å². The minimum absolute atomic E-state index is 0.154. The molecule has 1 heterocycles. The summed E-state index contributed by atoms with van der Waals surface area (Å²) in [5.41, 5.74) is 1.21. The summed E-state index contributed by atoms with van der Waals surface area (Å²) in [6.07, 6.45) is 4.95. The van der Waals surface area contributed by atoms with Crippen molar-refractivity contribution in [2.24, 2.45) is 0 Å². The Kier molecular flexibility index (Phi) is 5.14. The van der Waals surface area contributed by atoms with Gasteiger partial charge in [0.15, 0.2) is 0 Å². The lowest BCUT2D eigenvalue weighted by Crippen LogP contribution is -2.42. The first-order valence-electron chi connectivity index (χ1n) is 6.90. The van der Waals surface area contributed by atoms with Gasteiger partial charge in [-0.1, -0.05) is 18.6 Å². The average Bonchev–Trinajstić information content (AvgIpc) is 2.39. The zero-order valence-electron chi connectivity index (χ0n) is 11.2. The molecule has 1 aliphatic heterocycles. The summed E-state index contributed by atoms with van der Waals surface area (Å²) in [4.78, 5) is 2.37. The zero-order chi connectivity index (χ0) is 12.8. The number of piperidine rings is 1. The highest BCUT2D eigenvalue weighted by molar-refractivity contribution is 5.16. The molecule has 1 aliphatic rings. The van der Waals surface area contributed by atoms with Gasteiger partial charge in [-0.25, -0.2) is 4.39 Å². The molecule has 0 radical (unpaired) electrons. The van der Waals surface area contributed by atoms with Gasteiger partial charge >= 0.3 is 0 Å². The van der Waals surface area contributed by atoms with Crippen LogP contribution in [0.1, 0.15) is 24.8 Å². The van der Waals surface area contributed by atoms with Gasteiger partial charge in [0, 0.05) is 19.1 Å². The number of rotatable bonds is 5. The Morgan fingerprint density at radius 3 is 2.72 bits per heavy atom. The summed E-state index contributed by atoms with van der Waals surface area (Å²) >= 11 is 0. The molecule has 1 N–H and O–H groups in total. The van der Waals surface area contributed by atoms with E-state index in [2.05, 4.69) is 17.3 Å². The number of nitrogens with zero attached hydrogens (tertiary/aromatic N) is 1. The lowest BCUT2D eigenvalue weighted by Gasteiger charge is -2.28. The predicted octanol–water partition coefficient (Wildman–Crippen LogP) is 2.44. The van der Waals surface area contributed by atoms with Gasteiger partial charge in [-0.3, -0.25) is 0 Å².